The van der Waals surface area contributed by atoms with Gasteiger partial charge in [0, 0.05) is 17.8 Å². The summed E-state index contributed by atoms with van der Waals surface area (Å²) in [6, 6.07) is 0. The highest BCUT2D eigenvalue weighted by molar-refractivity contribution is 6.01. The molecule has 30 heavy (non-hydrogen) atoms. The Morgan fingerprint density at radius 1 is 1.30 bits per heavy atom. The van der Waals surface area contributed by atoms with Crippen LogP contribution in [0, 0.1) is 22.7 Å². The molecule has 4 fully saturated rings. The highest BCUT2D eigenvalue weighted by atomic mass is 16.6. The zero-order chi connectivity index (χ0) is 21.7. The van der Waals surface area contributed by atoms with Crippen molar-refractivity contribution in [3.8, 4) is 0 Å². The van der Waals surface area contributed by atoms with Gasteiger partial charge in [-0.15, -0.1) is 0 Å². The number of ether oxygens (including phenoxy) is 2. The Hall–Kier alpha value is -1.83. The van der Waals surface area contributed by atoms with Crippen molar-refractivity contribution in [2.24, 2.45) is 22.7 Å². The fourth-order valence-corrected chi connectivity index (χ4v) is 7.44. The molecule has 0 aromatic heterocycles. The highest BCUT2D eigenvalue weighted by Gasteiger charge is 2.82. The van der Waals surface area contributed by atoms with Gasteiger partial charge in [-0.05, 0) is 56.6 Å². The van der Waals surface area contributed by atoms with E-state index in [1.807, 2.05) is 13.0 Å². The van der Waals surface area contributed by atoms with Crippen molar-refractivity contribution in [3.05, 3.63) is 23.8 Å². The topological polar surface area (TPSA) is 113 Å². The maximum absolute atomic E-state index is 13.0. The molecule has 1 heterocycles. The molecular formula is C23H28O7. The fourth-order valence-electron chi connectivity index (χ4n) is 7.44. The number of ketones is 2. The number of hydrogen-bond donors (Lipinski definition) is 2. The lowest BCUT2D eigenvalue weighted by molar-refractivity contribution is -0.177. The summed E-state index contributed by atoms with van der Waals surface area (Å²) >= 11 is 0. The normalized spacial score (nSPS) is 50.6. The lowest BCUT2D eigenvalue weighted by atomic mass is 9.47. The molecule has 1 aliphatic heterocycles. The average molecular weight is 416 g/mol. The van der Waals surface area contributed by atoms with Crippen molar-refractivity contribution >= 4 is 17.5 Å². The van der Waals surface area contributed by atoms with Crippen LogP contribution in [0.5, 0.6) is 0 Å². The maximum atomic E-state index is 13.0. The minimum absolute atomic E-state index is 0.00287. The number of carbonyl (C=O) groups excluding carboxylic acids is 3. The second-order valence-electron chi connectivity index (χ2n) is 10.1. The van der Waals surface area contributed by atoms with Crippen molar-refractivity contribution < 1.29 is 34.1 Å². The second-order valence-corrected chi connectivity index (χ2v) is 10.1. The number of epoxide rings is 1. The van der Waals surface area contributed by atoms with E-state index in [0.29, 0.717) is 12.8 Å². The summed E-state index contributed by atoms with van der Waals surface area (Å²) in [5, 5.41) is 22.4. The molecule has 0 radical (unpaired) electrons. The van der Waals surface area contributed by atoms with E-state index in [0.717, 1.165) is 18.4 Å². The zero-order valence-electron chi connectivity index (χ0n) is 17.5. The van der Waals surface area contributed by atoms with Crippen molar-refractivity contribution in [2.45, 2.75) is 69.9 Å². The molecule has 0 bridgehead atoms. The van der Waals surface area contributed by atoms with Gasteiger partial charge in [0.2, 0.25) is 5.78 Å². The van der Waals surface area contributed by atoms with E-state index in [-0.39, 0.29) is 23.7 Å². The molecule has 2 N–H and O–H groups in total. The number of hydrogen-bond acceptors (Lipinski definition) is 7. The number of esters is 1. The van der Waals surface area contributed by atoms with Crippen molar-refractivity contribution in [1.29, 1.82) is 0 Å². The molecule has 8 atom stereocenters. The molecule has 7 nitrogen and oxygen atoms in total. The number of rotatable bonds is 3. The Kier molecular flexibility index (Phi) is 3.95. The largest absolute Gasteiger partial charge is 0.458 e. The van der Waals surface area contributed by atoms with Gasteiger partial charge in [-0.2, -0.15) is 0 Å². The third kappa shape index (κ3) is 2.13. The van der Waals surface area contributed by atoms with Crippen LogP contribution in [-0.2, 0) is 23.9 Å². The third-order valence-corrected chi connectivity index (χ3v) is 8.99. The number of allylic oxidation sites excluding steroid dienone is 2. The van der Waals surface area contributed by atoms with Gasteiger partial charge in [0.1, 0.15) is 5.60 Å². The third-order valence-electron chi connectivity index (χ3n) is 8.99. The Labute approximate surface area is 175 Å². The van der Waals surface area contributed by atoms with Crippen LogP contribution in [-0.4, -0.2) is 57.8 Å². The van der Waals surface area contributed by atoms with Crippen LogP contribution in [0.25, 0.3) is 0 Å². The number of aliphatic hydroxyl groups excluding tert-OH is 1. The molecule has 5 aliphatic rings. The number of carbonyl (C=O) groups is 3. The van der Waals surface area contributed by atoms with Gasteiger partial charge >= 0.3 is 5.97 Å². The van der Waals surface area contributed by atoms with E-state index in [1.165, 1.54) is 6.92 Å². The van der Waals surface area contributed by atoms with Crippen molar-refractivity contribution in [3.63, 3.8) is 0 Å². The minimum atomic E-state index is -1.99. The lowest BCUT2D eigenvalue weighted by Gasteiger charge is -2.55. The molecule has 1 spiro atoms. The molecule has 0 aromatic rings. The second kappa shape index (κ2) is 5.90. The zero-order valence-corrected chi connectivity index (χ0v) is 17.5. The first-order valence-corrected chi connectivity index (χ1v) is 10.7. The molecule has 0 unspecified atom stereocenters. The summed E-state index contributed by atoms with van der Waals surface area (Å²) in [6.07, 6.45) is 6.14. The lowest BCUT2D eigenvalue weighted by Crippen LogP contribution is -2.63. The van der Waals surface area contributed by atoms with Crippen LogP contribution < -0.4 is 0 Å². The van der Waals surface area contributed by atoms with Gasteiger partial charge in [0.05, 0.1) is 12.2 Å². The molecule has 5 rings (SSSR count). The Morgan fingerprint density at radius 2 is 2.03 bits per heavy atom. The summed E-state index contributed by atoms with van der Waals surface area (Å²) < 4.78 is 11.2. The highest BCUT2D eigenvalue weighted by Crippen LogP contribution is 2.75. The first kappa shape index (κ1) is 20.1. The Balaban J connectivity index is 1.52. The van der Waals surface area contributed by atoms with E-state index in [1.54, 1.807) is 12.2 Å². The van der Waals surface area contributed by atoms with Gasteiger partial charge in [-0.3, -0.25) is 14.4 Å². The van der Waals surface area contributed by atoms with Crippen molar-refractivity contribution in [1.82, 2.24) is 0 Å². The summed E-state index contributed by atoms with van der Waals surface area (Å²) in [5.74, 6) is -1.34. The van der Waals surface area contributed by atoms with Gasteiger partial charge < -0.3 is 19.7 Å². The van der Waals surface area contributed by atoms with Crippen LogP contribution in [0.15, 0.2) is 23.8 Å². The minimum Gasteiger partial charge on any atom is -0.458 e. The molecule has 0 amide bonds. The summed E-state index contributed by atoms with van der Waals surface area (Å²) in [5.41, 5.74) is -2.66. The van der Waals surface area contributed by atoms with Crippen LogP contribution in [0.1, 0.15) is 46.5 Å². The Morgan fingerprint density at radius 3 is 2.73 bits per heavy atom. The quantitative estimate of drug-likeness (QED) is 0.526. The van der Waals surface area contributed by atoms with Gasteiger partial charge in [-0.1, -0.05) is 18.6 Å². The smallest absolute Gasteiger partial charge is 0.303 e. The monoisotopic (exact) mass is 416 g/mol. The van der Waals surface area contributed by atoms with E-state index in [9.17, 15) is 24.6 Å². The maximum Gasteiger partial charge on any atom is 0.303 e. The molecule has 1 saturated heterocycles. The predicted octanol–water partition coefficient (Wildman–Crippen LogP) is 1.26. The average Bonchev–Trinajstić information content (AvgIpc) is 3.36. The predicted molar refractivity (Wildman–Crippen MR) is 104 cm³/mol. The SMILES string of the molecule is CC(=O)OCC(=O)[C@@]1(O)[C@H](O)C[C@H]2[C@@H]3CCC4=CC(=O)C=C[C@]4(C)[C@@]34O[C@H]4C[C@@]21C. The molecule has 7 heteroatoms. The molecule has 0 aromatic carbocycles. The fraction of sp³-hybridized carbons (Fsp3) is 0.696. The first-order chi connectivity index (χ1) is 14.0. The van der Waals surface area contributed by atoms with E-state index >= 15 is 0 Å². The summed E-state index contributed by atoms with van der Waals surface area (Å²) in [7, 11) is 0. The van der Waals surface area contributed by atoms with Gasteiger partial charge in [-0.25, -0.2) is 0 Å². The van der Waals surface area contributed by atoms with Crippen LogP contribution in [0.4, 0.5) is 0 Å². The van der Waals surface area contributed by atoms with E-state index in [2.05, 4.69) is 6.92 Å². The standard InChI is InChI=1S/C23H28O7/c1-12(24)29-11-18(27)22(28)17(26)9-16-15-5-4-13-8-14(25)6-7-20(13,2)23(15)19(30-23)10-21(16,22)3/h6-8,15-17,19,26,28H,4-5,9-11H2,1-3H3/t15-,16-,17+,19-,20-,21-,22-,23+/m0/s1. The van der Waals surface area contributed by atoms with E-state index in [4.69, 9.17) is 9.47 Å². The van der Waals surface area contributed by atoms with Crippen LogP contribution in [0.2, 0.25) is 0 Å². The molecule has 162 valence electrons. The number of Topliss-reactive ketones (excluding diaryl/α,β-unsaturated/α-hetero) is 1. The Bertz CT molecular complexity index is 921. The van der Waals surface area contributed by atoms with Crippen LogP contribution >= 0.6 is 0 Å². The molecule has 4 aliphatic carbocycles. The van der Waals surface area contributed by atoms with Gasteiger partial charge in [0.15, 0.2) is 18.0 Å². The van der Waals surface area contributed by atoms with Crippen molar-refractivity contribution in [2.75, 3.05) is 6.61 Å². The summed E-state index contributed by atoms with van der Waals surface area (Å²) in [6.45, 7) is 4.62. The number of fused-ring (bicyclic) bond motifs is 3. The van der Waals surface area contributed by atoms with Gasteiger partial charge in [0.25, 0.3) is 0 Å². The summed E-state index contributed by atoms with van der Waals surface area (Å²) in [4.78, 5) is 36.1. The van der Waals surface area contributed by atoms with Crippen LogP contribution in [0.3, 0.4) is 0 Å². The molecular weight excluding hydrogens is 388 g/mol. The first-order valence-electron chi connectivity index (χ1n) is 10.7. The van der Waals surface area contributed by atoms with E-state index < -0.39 is 46.5 Å². The number of aliphatic hydroxyl groups is 2. The molecule has 3 saturated carbocycles.